The smallest absolute Gasteiger partial charge is 0.349 e. The summed E-state index contributed by atoms with van der Waals surface area (Å²) in [6.45, 7) is 2.21. The second-order valence-electron chi connectivity index (χ2n) is 7.92. The van der Waals surface area contributed by atoms with Gasteiger partial charge in [0.15, 0.2) is 0 Å². The van der Waals surface area contributed by atoms with Gasteiger partial charge in [0, 0.05) is 8.80 Å². The molecule has 1 fully saturated rings. The molecule has 2 aromatic rings. The van der Waals surface area contributed by atoms with Gasteiger partial charge in [-0.3, -0.25) is 0 Å². The average Bonchev–Trinajstić information content (AvgIpc) is 2.70. The van der Waals surface area contributed by atoms with Crippen LogP contribution in [-0.4, -0.2) is 14.8 Å². The summed E-state index contributed by atoms with van der Waals surface area (Å²) in [5.74, 6) is -3.24. The van der Waals surface area contributed by atoms with Gasteiger partial charge in [0.25, 0.3) is 0 Å². The number of halogens is 3. The van der Waals surface area contributed by atoms with Gasteiger partial charge in [-0.05, 0) is 60.7 Å². The van der Waals surface area contributed by atoms with E-state index >= 15 is 0 Å². The first-order valence-corrected chi connectivity index (χ1v) is 12.9. The van der Waals surface area contributed by atoms with Crippen LogP contribution in [0.15, 0.2) is 36.4 Å². The van der Waals surface area contributed by atoms with E-state index < -0.39 is 37.8 Å². The molecular weight excluding hydrogens is 393 g/mol. The fourth-order valence-electron chi connectivity index (χ4n) is 4.15. The van der Waals surface area contributed by atoms with E-state index in [1.807, 2.05) is 0 Å². The fraction of sp³-hybridized carbons (Fsp3) is 0.435. The van der Waals surface area contributed by atoms with Gasteiger partial charge in [-0.1, -0.05) is 44.3 Å². The second-order valence-corrected chi connectivity index (χ2v) is 11.4. The molecule has 0 spiro atoms. The molecule has 0 aromatic heterocycles. The Hall–Kier alpha value is -2.08. The summed E-state index contributed by atoms with van der Waals surface area (Å²) in [7, 11) is -0.702. The number of ether oxygens (including phenoxy) is 1. The van der Waals surface area contributed by atoms with Crippen LogP contribution in [0.25, 0.3) is 0 Å². The van der Waals surface area contributed by atoms with E-state index in [-0.39, 0.29) is 11.7 Å². The summed E-state index contributed by atoms with van der Waals surface area (Å²) in [6.07, 6.45) is 5.78. The van der Waals surface area contributed by atoms with Crippen LogP contribution in [0.1, 0.15) is 60.9 Å². The van der Waals surface area contributed by atoms with Crippen molar-refractivity contribution in [3.63, 3.8) is 0 Å². The van der Waals surface area contributed by atoms with Crippen molar-refractivity contribution >= 4 is 14.8 Å². The van der Waals surface area contributed by atoms with Gasteiger partial charge in [0.2, 0.25) is 0 Å². The lowest BCUT2D eigenvalue weighted by Crippen LogP contribution is -2.21. The minimum atomic E-state index is -1.12. The standard InChI is InChI=1S/C23H27F3O2Si/c1-2-3-4-11-29-12-9-16(10-13-29)17-14-20(25)22(21(26)15-17)23(27)28-19-7-5-18(24)6-8-19/h5-8,14-16,29H,2-4,9-13H2,1H3. The topological polar surface area (TPSA) is 26.3 Å². The summed E-state index contributed by atoms with van der Waals surface area (Å²) in [4.78, 5) is 12.2. The van der Waals surface area contributed by atoms with E-state index in [9.17, 15) is 18.0 Å². The number of benzene rings is 2. The zero-order chi connectivity index (χ0) is 20.8. The van der Waals surface area contributed by atoms with E-state index in [2.05, 4.69) is 6.92 Å². The third-order valence-corrected chi connectivity index (χ3v) is 9.35. The summed E-state index contributed by atoms with van der Waals surface area (Å²) in [5, 5.41) is 0. The van der Waals surface area contributed by atoms with Crippen molar-refractivity contribution in [3.8, 4) is 5.75 Å². The molecule has 0 unspecified atom stereocenters. The Morgan fingerprint density at radius 1 is 1.03 bits per heavy atom. The number of hydrogen-bond acceptors (Lipinski definition) is 2. The molecule has 3 rings (SSSR count). The molecule has 1 saturated heterocycles. The Labute approximate surface area is 171 Å². The van der Waals surface area contributed by atoms with Crippen molar-refractivity contribution in [2.45, 2.75) is 63.1 Å². The van der Waals surface area contributed by atoms with Gasteiger partial charge >= 0.3 is 5.97 Å². The number of rotatable bonds is 7. The monoisotopic (exact) mass is 420 g/mol. The third-order valence-electron chi connectivity index (χ3n) is 5.83. The highest BCUT2D eigenvalue weighted by molar-refractivity contribution is 6.59. The summed E-state index contributed by atoms with van der Waals surface area (Å²) in [5.41, 5.74) is -0.0833. The molecule has 0 saturated carbocycles. The average molecular weight is 421 g/mol. The molecule has 0 N–H and O–H groups in total. The highest BCUT2D eigenvalue weighted by Gasteiger charge is 2.27. The number of esters is 1. The quantitative estimate of drug-likeness (QED) is 0.218. The molecule has 0 aliphatic carbocycles. The molecule has 156 valence electrons. The highest BCUT2D eigenvalue weighted by atomic mass is 28.3. The Kier molecular flexibility index (Phi) is 7.53. The van der Waals surface area contributed by atoms with E-state index in [0.717, 1.165) is 25.0 Å². The molecule has 1 heterocycles. The van der Waals surface area contributed by atoms with Crippen LogP contribution >= 0.6 is 0 Å². The molecule has 0 amide bonds. The van der Waals surface area contributed by atoms with Gasteiger partial charge in [0.05, 0.1) is 0 Å². The van der Waals surface area contributed by atoms with E-state index in [4.69, 9.17) is 4.74 Å². The van der Waals surface area contributed by atoms with Gasteiger partial charge in [0.1, 0.15) is 28.8 Å². The lowest BCUT2D eigenvalue weighted by Gasteiger charge is -2.28. The Balaban J connectivity index is 1.65. The van der Waals surface area contributed by atoms with Crippen LogP contribution in [0, 0.1) is 17.5 Å². The molecule has 1 aliphatic rings. The Bertz CT molecular complexity index is 808. The van der Waals surface area contributed by atoms with Crippen molar-refractivity contribution in [3.05, 3.63) is 65.0 Å². The molecule has 0 bridgehead atoms. The van der Waals surface area contributed by atoms with Gasteiger partial charge < -0.3 is 4.74 Å². The Morgan fingerprint density at radius 2 is 1.66 bits per heavy atom. The SMILES string of the molecule is CCCCC[SiH]1CCC(c2cc(F)c(C(=O)Oc3ccc(F)cc3)c(F)c2)CC1. The predicted octanol–water partition coefficient (Wildman–Crippen LogP) is 6.62. The third kappa shape index (κ3) is 5.72. The number of carbonyl (C=O) groups is 1. The summed E-state index contributed by atoms with van der Waals surface area (Å²) < 4.78 is 47.1. The largest absolute Gasteiger partial charge is 0.423 e. The molecule has 29 heavy (non-hydrogen) atoms. The minimum absolute atomic E-state index is 0.0330. The fourth-order valence-corrected chi connectivity index (χ4v) is 7.63. The Morgan fingerprint density at radius 3 is 2.24 bits per heavy atom. The molecule has 6 heteroatoms. The zero-order valence-corrected chi connectivity index (χ0v) is 17.9. The van der Waals surface area contributed by atoms with Gasteiger partial charge in [-0.15, -0.1) is 0 Å². The maximum atomic E-state index is 14.6. The van der Waals surface area contributed by atoms with Crippen LogP contribution in [0.2, 0.25) is 18.1 Å². The first-order chi connectivity index (χ1) is 14.0. The molecule has 0 radical (unpaired) electrons. The maximum Gasteiger partial charge on any atom is 0.349 e. The van der Waals surface area contributed by atoms with Crippen LogP contribution in [0.5, 0.6) is 5.75 Å². The van der Waals surface area contributed by atoms with E-state index in [0.29, 0.717) is 5.56 Å². The van der Waals surface area contributed by atoms with Crippen molar-refractivity contribution in [2.24, 2.45) is 0 Å². The number of carbonyl (C=O) groups excluding carboxylic acids is 1. The van der Waals surface area contributed by atoms with Crippen LogP contribution < -0.4 is 4.74 Å². The zero-order valence-electron chi connectivity index (χ0n) is 16.7. The first-order valence-electron chi connectivity index (χ1n) is 10.4. The van der Waals surface area contributed by atoms with Crippen LogP contribution in [0.3, 0.4) is 0 Å². The summed E-state index contributed by atoms with van der Waals surface area (Å²) in [6, 6.07) is 11.0. The van der Waals surface area contributed by atoms with Gasteiger partial charge in [-0.25, -0.2) is 18.0 Å². The maximum absolute atomic E-state index is 14.6. The molecule has 1 aliphatic heterocycles. The number of hydrogen-bond donors (Lipinski definition) is 0. The van der Waals surface area contributed by atoms with Crippen molar-refractivity contribution in [1.29, 1.82) is 0 Å². The van der Waals surface area contributed by atoms with Crippen LogP contribution in [0.4, 0.5) is 13.2 Å². The highest BCUT2D eigenvalue weighted by Crippen LogP contribution is 2.36. The predicted molar refractivity (Wildman–Crippen MR) is 111 cm³/mol. The number of unbranched alkanes of at least 4 members (excludes halogenated alkanes) is 2. The molecular formula is C23H27F3O2Si. The lowest BCUT2D eigenvalue weighted by molar-refractivity contribution is 0.0724. The molecule has 2 aromatic carbocycles. The van der Waals surface area contributed by atoms with Crippen molar-refractivity contribution in [2.75, 3.05) is 0 Å². The summed E-state index contributed by atoms with van der Waals surface area (Å²) >= 11 is 0. The molecule has 0 atom stereocenters. The normalized spacial score (nSPS) is 19.2. The second kappa shape index (κ2) is 10.1. The van der Waals surface area contributed by atoms with Crippen LogP contribution in [-0.2, 0) is 0 Å². The van der Waals surface area contributed by atoms with Gasteiger partial charge in [-0.2, -0.15) is 0 Å². The molecule has 2 nitrogen and oxygen atoms in total. The van der Waals surface area contributed by atoms with E-state index in [1.165, 1.54) is 61.7 Å². The minimum Gasteiger partial charge on any atom is -0.423 e. The first kappa shape index (κ1) is 21.6. The lowest BCUT2D eigenvalue weighted by atomic mass is 9.92. The van der Waals surface area contributed by atoms with E-state index in [1.54, 1.807) is 0 Å². The van der Waals surface area contributed by atoms with Crippen molar-refractivity contribution in [1.82, 2.24) is 0 Å². The van der Waals surface area contributed by atoms with Crippen molar-refractivity contribution < 1.29 is 22.7 Å².